The summed E-state index contributed by atoms with van der Waals surface area (Å²) in [5, 5.41) is 9.51. The number of ether oxygens (including phenoxy) is 1. The van der Waals surface area contributed by atoms with Gasteiger partial charge in [-0.3, -0.25) is 0 Å². The van der Waals surface area contributed by atoms with Gasteiger partial charge in [-0.25, -0.2) is 9.78 Å². The van der Waals surface area contributed by atoms with Crippen molar-refractivity contribution < 1.29 is 19.6 Å². The Balaban J connectivity index is 2.11. The van der Waals surface area contributed by atoms with Gasteiger partial charge in [0.15, 0.2) is 13.1 Å². The Morgan fingerprint density at radius 3 is 2.71 bits per heavy atom. The summed E-state index contributed by atoms with van der Waals surface area (Å²) in [4.78, 5) is 9.57. The molecule has 1 heterocycles. The van der Waals surface area contributed by atoms with Crippen molar-refractivity contribution >= 4 is 0 Å². The minimum Gasteiger partial charge on any atom is -0.390 e. The van der Waals surface area contributed by atoms with Crippen molar-refractivity contribution in [3.8, 4) is 0 Å². The zero-order valence-electron chi connectivity index (χ0n) is 9.16. The molecule has 1 rings (SSSR count). The molecule has 0 saturated carbocycles. The Hall–Kier alpha value is -0.160. The van der Waals surface area contributed by atoms with Crippen molar-refractivity contribution in [3.05, 3.63) is 0 Å². The van der Waals surface area contributed by atoms with E-state index in [1.54, 1.807) is 0 Å². The normalized spacial score (nSPS) is 25.3. The smallest absolute Gasteiger partial charge is 0.196 e. The highest BCUT2D eigenvalue weighted by molar-refractivity contribution is 4.66. The summed E-state index contributed by atoms with van der Waals surface area (Å²) < 4.78 is 5.19. The molecule has 1 aliphatic rings. The van der Waals surface area contributed by atoms with Gasteiger partial charge in [-0.1, -0.05) is 13.3 Å². The molecular formula is C10H20O4. The van der Waals surface area contributed by atoms with E-state index in [2.05, 4.69) is 11.8 Å². The van der Waals surface area contributed by atoms with E-state index < -0.39 is 5.60 Å². The first-order valence-corrected chi connectivity index (χ1v) is 5.11. The molecule has 14 heavy (non-hydrogen) atoms. The first kappa shape index (κ1) is 11.9. The lowest BCUT2D eigenvalue weighted by Gasteiger charge is -2.19. The molecule has 2 atom stereocenters. The van der Waals surface area contributed by atoms with Crippen LogP contribution in [0.25, 0.3) is 0 Å². The van der Waals surface area contributed by atoms with E-state index in [4.69, 9.17) is 9.62 Å². The number of hydrogen-bond donors (Lipinski definition) is 1. The van der Waals surface area contributed by atoms with Gasteiger partial charge in [0.2, 0.25) is 0 Å². The van der Waals surface area contributed by atoms with E-state index in [9.17, 15) is 5.11 Å². The van der Waals surface area contributed by atoms with Crippen LogP contribution >= 0.6 is 0 Å². The molecule has 0 amide bonds. The Morgan fingerprint density at radius 2 is 2.21 bits per heavy atom. The quantitative estimate of drug-likeness (QED) is 0.694. The predicted molar refractivity (Wildman–Crippen MR) is 51.2 cm³/mol. The molecular weight excluding hydrogens is 184 g/mol. The maximum Gasteiger partial charge on any atom is 0.196 e. The van der Waals surface area contributed by atoms with Crippen LogP contribution < -0.4 is 0 Å². The summed E-state index contributed by atoms with van der Waals surface area (Å²) in [7, 11) is 0. The molecule has 1 saturated heterocycles. The zero-order valence-corrected chi connectivity index (χ0v) is 9.16. The highest BCUT2D eigenvalue weighted by Crippen LogP contribution is 2.22. The third-order valence-electron chi connectivity index (χ3n) is 2.36. The Labute approximate surface area is 85.1 Å². The van der Waals surface area contributed by atoms with Crippen molar-refractivity contribution in [2.24, 2.45) is 5.92 Å². The average molecular weight is 204 g/mol. The first-order chi connectivity index (χ1) is 6.49. The Bertz CT molecular complexity index is 158. The minimum absolute atomic E-state index is 0.223. The van der Waals surface area contributed by atoms with Gasteiger partial charge in [-0.2, -0.15) is 0 Å². The highest BCUT2D eigenvalue weighted by Gasteiger charge is 2.25. The van der Waals surface area contributed by atoms with Gasteiger partial charge in [0.25, 0.3) is 0 Å². The van der Waals surface area contributed by atoms with Crippen LogP contribution in [0.5, 0.6) is 0 Å². The van der Waals surface area contributed by atoms with Crippen LogP contribution in [-0.4, -0.2) is 23.8 Å². The van der Waals surface area contributed by atoms with Crippen molar-refractivity contribution in [2.45, 2.75) is 51.9 Å². The molecule has 0 spiro atoms. The molecule has 1 N–H and O–H groups in total. The van der Waals surface area contributed by atoms with Gasteiger partial charge in [0.1, 0.15) is 0 Å². The summed E-state index contributed by atoms with van der Waals surface area (Å²) in [5.74, 6) is 0.305. The van der Waals surface area contributed by atoms with E-state index in [1.165, 1.54) is 0 Å². The molecule has 0 aromatic carbocycles. The van der Waals surface area contributed by atoms with Gasteiger partial charge in [0, 0.05) is 5.92 Å². The summed E-state index contributed by atoms with van der Waals surface area (Å²) in [6.07, 6.45) is 2.49. The van der Waals surface area contributed by atoms with Crippen molar-refractivity contribution in [3.63, 3.8) is 0 Å². The summed E-state index contributed by atoms with van der Waals surface area (Å²) in [5.41, 5.74) is -0.576. The lowest BCUT2D eigenvalue weighted by atomic mass is 9.97. The third-order valence-corrected chi connectivity index (χ3v) is 2.36. The molecule has 0 aromatic rings. The number of aliphatic hydroxyl groups is 1. The maximum atomic E-state index is 9.51. The van der Waals surface area contributed by atoms with Crippen LogP contribution in [0.1, 0.15) is 40.0 Å². The van der Waals surface area contributed by atoms with Crippen LogP contribution in [0.4, 0.5) is 0 Å². The summed E-state index contributed by atoms with van der Waals surface area (Å²) in [6, 6.07) is 0. The van der Waals surface area contributed by atoms with Crippen LogP contribution in [0, 0.1) is 5.92 Å². The number of hydrogen-bond acceptors (Lipinski definition) is 4. The largest absolute Gasteiger partial charge is 0.390 e. The molecule has 1 fully saturated rings. The summed E-state index contributed by atoms with van der Waals surface area (Å²) in [6.45, 7) is 5.93. The molecule has 4 nitrogen and oxygen atoms in total. The van der Waals surface area contributed by atoms with Crippen molar-refractivity contribution in [2.75, 3.05) is 6.79 Å². The SMILES string of the molecule is CC(CCCC(C)(C)O)C1OCOO1. The molecule has 0 aliphatic carbocycles. The van der Waals surface area contributed by atoms with E-state index in [1.807, 2.05) is 13.8 Å². The van der Waals surface area contributed by atoms with E-state index in [0.717, 1.165) is 19.3 Å². The molecule has 0 bridgehead atoms. The average Bonchev–Trinajstić information content (AvgIpc) is 2.53. The fourth-order valence-electron chi connectivity index (χ4n) is 1.47. The predicted octanol–water partition coefficient (Wildman–Crippen LogP) is 1.83. The van der Waals surface area contributed by atoms with E-state index in [-0.39, 0.29) is 13.1 Å². The maximum absolute atomic E-state index is 9.51. The first-order valence-electron chi connectivity index (χ1n) is 5.11. The monoisotopic (exact) mass is 204 g/mol. The van der Waals surface area contributed by atoms with Crippen LogP contribution in [0.2, 0.25) is 0 Å². The zero-order chi connectivity index (χ0) is 10.6. The van der Waals surface area contributed by atoms with Gasteiger partial charge in [0.05, 0.1) is 5.60 Å². The standard InChI is InChI=1S/C10H20O4/c1-8(9-12-7-13-14-9)5-4-6-10(2,3)11/h8-9,11H,4-7H2,1-3H3. The lowest BCUT2D eigenvalue weighted by Crippen LogP contribution is -2.21. The van der Waals surface area contributed by atoms with Crippen molar-refractivity contribution in [1.82, 2.24) is 0 Å². The Morgan fingerprint density at radius 1 is 1.50 bits per heavy atom. The fourth-order valence-corrected chi connectivity index (χ4v) is 1.47. The molecule has 0 aromatic heterocycles. The van der Waals surface area contributed by atoms with Gasteiger partial charge in [-0.15, -0.1) is 0 Å². The lowest BCUT2D eigenvalue weighted by molar-refractivity contribution is -0.286. The second kappa shape index (κ2) is 5.07. The number of rotatable bonds is 5. The molecule has 2 unspecified atom stereocenters. The molecule has 84 valence electrons. The Kier molecular flexibility index (Phi) is 4.31. The van der Waals surface area contributed by atoms with Crippen LogP contribution in [0.15, 0.2) is 0 Å². The van der Waals surface area contributed by atoms with Crippen LogP contribution in [0.3, 0.4) is 0 Å². The molecule has 4 heteroatoms. The van der Waals surface area contributed by atoms with Gasteiger partial charge < -0.3 is 9.84 Å². The molecule has 1 aliphatic heterocycles. The third kappa shape index (κ3) is 4.37. The second-order valence-electron chi connectivity index (χ2n) is 4.55. The summed E-state index contributed by atoms with van der Waals surface area (Å²) >= 11 is 0. The van der Waals surface area contributed by atoms with Gasteiger partial charge >= 0.3 is 0 Å². The molecule has 0 radical (unpaired) electrons. The van der Waals surface area contributed by atoms with Crippen LogP contribution in [-0.2, 0) is 14.5 Å². The van der Waals surface area contributed by atoms with E-state index in [0.29, 0.717) is 5.92 Å². The van der Waals surface area contributed by atoms with Crippen molar-refractivity contribution in [1.29, 1.82) is 0 Å². The van der Waals surface area contributed by atoms with E-state index >= 15 is 0 Å². The minimum atomic E-state index is -0.576. The second-order valence-corrected chi connectivity index (χ2v) is 4.55. The fraction of sp³-hybridized carbons (Fsp3) is 1.00. The topological polar surface area (TPSA) is 47.9 Å². The highest BCUT2D eigenvalue weighted by atomic mass is 17.3. The van der Waals surface area contributed by atoms with Gasteiger partial charge in [-0.05, 0) is 26.7 Å².